The number of nitrogens with zero attached hydrogens (tertiary/aromatic N) is 1. The summed E-state index contributed by atoms with van der Waals surface area (Å²) in [5, 5.41) is 3.82. The zero-order chi connectivity index (χ0) is 22.3. The van der Waals surface area contributed by atoms with Crippen LogP contribution in [0.4, 0.5) is 11.4 Å². The van der Waals surface area contributed by atoms with Crippen LogP contribution in [0.3, 0.4) is 0 Å². The second-order valence-corrected chi connectivity index (χ2v) is 8.35. The minimum absolute atomic E-state index is 0.263. The molecule has 1 aliphatic heterocycles. The molecule has 2 amide bonds. The molecule has 0 spiro atoms. The lowest BCUT2D eigenvalue weighted by atomic mass is 10.0. The fourth-order valence-corrected chi connectivity index (χ4v) is 3.76. The number of anilines is 2. The summed E-state index contributed by atoms with van der Waals surface area (Å²) in [4.78, 5) is 28.3. The van der Waals surface area contributed by atoms with E-state index in [2.05, 4.69) is 5.32 Å². The first-order chi connectivity index (χ1) is 14.8. The molecule has 3 aromatic rings. The maximum Gasteiger partial charge on any atom is 0.282 e. The first-order valence-electron chi connectivity index (χ1n) is 10.1. The van der Waals surface area contributed by atoms with Crippen molar-refractivity contribution in [3.63, 3.8) is 0 Å². The molecule has 0 atom stereocenters. The van der Waals surface area contributed by atoms with Crippen molar-refractivity contribution in [3.05, 3.63) is 99.2 Å². The summed E-state index contributed by atoms with van der Waals surface area (Å²) in [6.45, 7) is 7.92. The van der Waals surface area contributed by atoms with Crippen molar-refractivity contribution in [2.45, 2.75) is 27.7 Å². The van der Waals surface area contributed by atoms with Crippen molar-refractivity contribution in [2.75, 3.05) is 10.2 Å². The van der Waals surface area contributed by atoms with Gasteiger partial charge in [0, 0.05) is 10.7 Å². The Morgan fingerprint density at radius 1 is 0.742 bits per heavy atom. The van der Waals surface area contributed by atoms with E-state index in [9.17, 15) is 9.59 Å². The summed E-state index contributed by atoms with van der Waals surface area (Å²) in [5.41, 5.74) is 6.75. The Balaban J connectivity index is 1.85. The number of amides is 2. The highest BCUT2D eigenvalue weighted by molar-refractivity contribution is 6.46. The van der Waals surface area contributed by atoms with Crippen LogP contribution >= 0.6 is 11.6 Å². The summed E-state index contributed by atoms with van der Waals surface area (Å²) in [6, 6.07) is 18.5. The Morgan fingerprint density at radius 3 is 2.10 bits per heavy atom. The highest BCUT2D eigenvalue weighted by Gasteiger charge is 2.40. The van der Waals surface area contributed by atoms with Gasteiger partial charge >= 0.3 is 0 Å². The van der Waals surface area contributed by atoms with Crippen LogP contribution in [0.25, 0.3) is 5.57 Å². The first kappa shape index (κ1) is 20.9. The van der Waals surface area contributed by atoms with Gasteiger partial charge in [-0.3, -0.25) is 9.59 Å². The van der Waals surface area contributed by atoms with E-state index in [1.54, 1.807) is 30.3 Å². The van der Waals surface area contributed by atoms with Crippen molar-refractivity contribution in [2.24, 2.45) is 0 Å². The molecule has 0 saturated heterocycles. The van der Waals surface area contributed by atoms with Gasteiger partial charge in [-0.05, 0) is 85.8 Å². The number of hydrogen-bond donors (Lipinski definition) is 1. The Kier molecular flexibility index (Phi) is 5.42. The van der Waals surface area contributed by atoms with Crippen LogP contribution in [-0.4, -0.2) is 11.8 Å². The number of imide groups is 1. The summed E-state index contributed by atoms with van der Waals surface area (Å²) < 4.78 is 0. The zero-order valence-corrected chi connectivity index (χ0v) is 18.7. The van der Waals surface area contributed by atoms with Gasteiger partial charge in [0.2, 0.25) is 0 Å². The fraction of sp³-hybridized carbons (Fsp3) is 0.154. The first-order valence-corrected chi connectivity index (χ1v) is 10.4. The Hall–Kier alpha value is -3.37. The molecular formula is C26H23ClN2O2. The van der Waals surface area contributed by atoms with Crippen molar-refractivity contribution in [3.8, 4) is 0 Å². The Morgan fingerprint density at radius 2 is 1.42 bits per heavy atom. The Labute approximate surface area is 187 Å². The van der Waals surface area contributed by atoms with E-state index in [-0.39, 0.29) is 17.5 Å². The number of nitrogens with one attached hydrogen (secondary N) is 1. The minimum Gasteiger partial charge on any atom is -0.350 e. The number of benzene rings is 3. The van der Waals surface area contributed by atoms with E-state index in [0.29, 0.717) is 21.8 Å². The predicted molar refractivity (Wildman–Crippen MR) is 126 cm³/mol. The lowest BCUT2D eigenvalue weighted by Crippen LogP contribution is -2.32. The largest absolute Gasteiger partial charge is 0.350 e. The van der Waals surface area contributed by atoms with E-state index < -0.39 is 0 Å². The van der Waals surface area contributed by atoms with Gasteiger partial charge in [0.25, 0.3) is 11.8 Å². The molecule has 1 aliphatic rings. The quantitative estimate of drug-likeness (QED) is 0.518. The molecule has 0 radical (unpaired) electrons. The van der Waals surface area contributed by atoms with Gasteiger partial charge < -0.3 is 5.32 Å². The van der Waals surface area contributed by atoms with Crippen LogP contribution in [-0.2, 0) is 9.59 Å². The summed E-state index contributed by atoms with van der Waals surface area (Å²) >= 11 is 6.05. The molecule has 1 heterocycles. The summed E-state index contributed by atoms with van der Waals surface area (Å²) in [5.74, 6) is -0.734. The van der Waals surface area contributed by atoms with E-state index in [1.165, 1.54) is 4.90 Å². The molecule has 0 bridgehead atoms. The van der Waals surface area contributed by atoms with E-state index in [0.717, 1.165) is 27.9 Å². The average Bonchev–Trinajstić information content (AvgIpc) is 2.97. The highest BCUT2D eigenvalue weighted by Crippen LogP contribution is 2.35. The molecule has 0 unspecified atom stereocenters. The molecule has 0 aromatic heterocycles. The number of hydrogen-bond acceptors (Lipinski definition) is 3. The van der Waals surface area contributed by atoms with Gasteiger partial charge in [0.05, 0.1) is 11.3 Å². The maximum atomic E-state index is 13.5. The minimum atomic E-state index is -0.376. The lowest BCUT2D eigenvalue weighted by Gasteiger charge is -2.17. The van der Waals surface area contributed by atoms with E-state index in [1.807, 2.05) is 58.0 Å². The molecular weight excluding hydrogens is 408 g/mol. The van der Waals surface area contributed by atoms with Gasteiger partial charge in [-0.15, -0.1) is 0 Å². The third-order valence-corrected chi connectivity index (χ3v) is 5.87. The third kappa shape index (κ3) is 3.87. The van der Waals surface area contributed by atoms with Crippen molar-refractivity contribution in [1.29, 1.82) is 0 Å². The summed E-state index contributed by atoms with van der Waals surface area (Å²) in [7, 11) is 0. The molecule has 4 nitrogen and oxygen atoms in total. The van der Waals surface area contributed by atoms with Crippen LogP contribution in [0.1, 0.15) is 27.8 Å². The molecule has 31 heavy (non-hydrogen) atoms. The molecule has 5 heteroatoms. The van der Waals surface area contributed by atoms with Gasteiger partial charge in [0.1, 0.15) is 5.70 Å². The molecule has 1 N–H and O–H groups in total. The van der Waals surface area contributed by atoms with Crippen LogP contribution < -0.4 is 10.2 Å². The van der Waals surface area contributed by atoms with Gasteiger partial charge in [-0.1, -0.05) is 41.9 Å². The van der Waals surface area contributed by atoms with Gasteiger partial charge in [-0.25, -0.2) is 4.90 Å². The van der Waals surface area contributed by atoms with E-state index in [4.69, 9.17) is 11.6 Å². The summed E-state index contributed by atoms with van der Waals surface area (Å²) in [6.07, 6.45) is 0. The van der Waals surface area contributed by atoms with Crippen LogP contribution in [0, 0.1) is 27.7 Å². The van der Waals surface area contributed by atoms with Crippen molar-refractivity contribution in [1.82, 2.24) is 0 Å². The number of rotatable bonds is 4. The zero-order valence-electron chi connectivity index (χ0n) is 17.9. The van der Waals surface area contributed by atoms with Gasteiger partial charge in [0.15, 0.2) is 0 Å². The van der Waals surface area contributed by atoms with E-state index >= 15 is 0 Å². The maximum absolute atomic E-state index is 13.5. The van der Waals surface area contributed by atoms with Crippen LogP contribution in [0.5, 0.6) is 0 Å². The molecule has 0 aliphatic carbocycles. The number of carbonyl (C=O) groups is 2. The second kappa shape index (κ2) is 8.05. The van der Waals surface area contributed by atoms with Gasteiger partial charge in [-0.2, -0.15) is 0 Å². The number of aryl methyl sites for hydroxylation is 4. The standard InChI is InChI=1S/C26H23ClN2O2/c1-15-5-6-17(3)22(13-15)28-24-23(19-8-10-20(27)11-9-19)25(30)29(26(24)31)21-12-7-16(2)18(4)14-21/h5-14,28H,1-4H3. The molecule has 3 aromatic carbocycles. The van der Waals surface area contributed by atoms with Crippen molar-refractivity contribution < 1.29 is 9.59 Å². The smallest absolute Gasteiger partial charge is 0.282 e. The molecule has 4 rings (SSSR count). The Bertz CT molecular complexity index is 1240. The average molecular weight is 431 g/mol. The second-order valence-electron chi connectivity index (χ2n) is 7.91. The SMILES string of the molecule is Cc1ccc(C)c(NC2=C(c3ccc(Cl)cc3)C(=O)N(c3ccc(C)c(C)c3)C2=O)c1. The van der Waals surface area contributed by atoms with Crippen LogP contribution in [0.15, 0.2) is 66.4 Å². The molecule has 0 saturated carbocycles. The molecule has 0 fully saturated rings. The number of halogens is 1. The normalized spacial score (nSPS) is 13.9. The highest BCUT2D eigenvalue weighted by atomic mass is 35.5. The predicted octanol–water partition coefficient (Wildman–Crippen LogP) is 5.97. The topological polar surface area (TPSA) is 49.4 Å². The van der Waals surface area contributed by atoms with Crippen molar-refractivity contribution >= 4 is 40.4 Å². The molecule has 156 valence electrons. The monoisotopic (exact) mass is 430 g/mol. The van der Waals surface area contributed by atoms with Crippen LogP contribution in [0.2, 0.25) is 5.02 Å². The lowest BCUT2D eigenvalue weighted by molar-refractivity contribution is -0.120. The fourth-order valence-electron chi connectivity index (χ4n) is 3.63. The third-order valence-electron chi connectivity index (χ3n) is 5.62. The number of carbonyl (C=O) groups excluding carboxylic acids is 2.